The molecule has 46 heavy (non-hydrogen) atoms. The van der Waals surface area contributed by atoms with E-state index in [9.17, 15) is 14.0 Å². The Bertz CT molecular complexity index is 1560. The Morgan fingerprint density at radius 3 is 2.39 bits per heavy atom. The van der Waals surface area contributed by atoms with Gasteiger partial charge in [-0.3, -0.25) is 14.5 Å². The monoisotopic (exact) mass is 625 g/mol. The lowest BCUT2D eigenvalue weighted by Gasteiger charge is -2.42. The van der Waals surface area contributed by atoms with Crippen molar-refractivity contribution < 1.29 is 14.0 Å². The first-order valence-corrected chi connectivity index (χ1v) is 16.8. The number of hydrogen-bond acceptors (Lipinski definition) is 7. The molecule has 4 aliphatic rings. The number of likely N-dealkylation sites (N-methyl/N-ethyl adjacent to an activating group) is 1. The van der Waals surface area contributed by atoms with Gasteiger partial charge in [-0.2, -0.15) is 0 Å². The average molecular weight is 626 g/mol. The predicted octanol–water partition coefficient (Wildman–Crippen LogP) is 5.54. The van der Waals surface area contributed by atoms with Gasteiger partial charge >= 0.3 is 0 Å². The molecule has 9 nitrogen and oxygen atoms in total. The number of nitrogens with zero attached hydrogens (tertiary/aromatic N) is 5. The number of halogens is 1. The van der Waals surface area contributed by atoms with Crippen molar-refractivity contribution in [1.82, 2.24) is 20.1 Å². The van der Waals surface area contributed by atoms with Crippen molar-refractivity contribution in [1.29, 1.82) is 0 Å². The maximum atomic E-state index is 13.7. The fourth-order valence-electron chi connectivity index (χ4n) is 7.31. The number of pyridine rings is 1. The van der Waals surface area contributed by atoms with Crippen LogP contribution in [0.2, 0.25) is 0 Å². The first-order valence-electron chi connectivity index (χ1n) is 16.8. The maximum absolute atomic E-state index is 13.7. The minimum Gasteiger partial charge on any atom is -0.349 e. The average Bonchev–Trinajstić information content (AvgIpc) is 3.89. The number of fused-ring (bicyclic) bond motifs is 1. The van der Waals surface area contributed by atoms with Gasteiger partial charge in [-0.15, -0.1) is 0 Å². The summed E-state index contributed by atoms with van der Waals surface area (Å²) < 4.78 is 13.7. The van der Waals surface area contributed by atoms with E-state index in [1.807, 2.05) is 48.2 Å². The third kappa shape index (κ3) is 6.59. The van der Waals surface area contributed by atoms with Gasteiger partial charge in [-0.05, 0) is 106 Å². The van der Waals surface area contributed by atoms with Crippen LogP contribution < -0.4 is 20.4 Å². The van der Waals surface area contributed by atoms with Gasteiger partial charge in [-0.1, -0.05) is 6.07 Å². The second kappa shape index (κ2) is 13.0. The number of rotatable bonds is 8. The highest BCUT2D eigenvalue weighted by molar-refractivity contribution is 6.06. The number of nitrogens with one attached hydrogen (secondary N) is 2. The Balaban J connectivity index is 0.974. The molecular weight excluding hydrogens is 581 g/mol. The molecule has 0 spiro atoms. The Morgan fingerprint density at radius 2 is 1.67 bits per heavy atom. The van der Waals surface area contributed by atoms with Crippen LogP contribution in [0.3, 0.4) is 0 Å². The van der Waals surface area contributed by atoms with Crippen LogP contribution >= 0.6 is 0 Å². The van der Waals surface area contributed by atoms with Gasteiger partial charge < -0.3 is 25.3 Å². The Morgan fingerprint density at radius 1 is 0.935 bits per heavy atom. The summed E-state index contributed by atoms with van der Waals surface area (Å²) in [6.45, 7) is 7.85. The summed E-state index contributed by atoms with van der Waals surface area (Å²) in [6.07, 6.45) is 7.12. The van der Waals surface area contributed by atoms with E-state index in [0.29, 0.717) is 34.6 Å². The molecule has 3 fully saturated rings. The van der Waals surface area contributed by atoms with Crippen LogP contribution in [0.1, 0.15) is 55.8 Å². The Labute approximate surface area is 270 Å². The molecule has 242 valence electrons. The van der Waals surface area contributed by atoms with Crippen molar-refractivity contribution in [2.75, 3.05) is 54.9 Å². The van der Waals surface area contributed by atoms with Crippen LogP contribution in [0.4, 0.5) is 33.1 Å². The number of aromatic nitrogens is 1. The summed E-state index contributed by atoms with van der Waals surface area (Å²) in [6, 6.07) is 17.5. The van der Waals surface area contributed by atoms with Gasteiger partial charge in [0.25, 0.3) is 5.91 Å². The molecule has 0 bridgehead atoms. The standard InChI is InChI=1S/C36H44FN7O2/c1-24-36(46)41(2)32-16-17-33(40-34(32)44(24)31-12-8-27(37)9-13-31)38-29-5-3-4-26(22-29)35(45)39-28-10-14-30(15-11-28)43-20-18-42(19-21-43)23-25-6-7-25/h3-5,8-9,12-13,16-17,22,24-25,28,30H,6-7,10-11,14-15,18-21,23H2,1-2H3,(H,38,40)(H,39,45). The minimum absolute atomic E-state index is 0.0596. The number of benzene rings is 2. The van der Waals surface area contributed by atoms with E-state index in [-0.39, 0.29) is 23.7 Å². The van der Waals surface area contributed by atoms with Gasteiger partial charge in [0.15, 0.2) is 5.82 Å². The zero-order valence-corrected chi connectivity index (χ0v) is 26.8. The smallest absolute Gasteiger partial charge is 0.251 e. The van der Waals surface area contributed by atoms with E-state index < -0.39 is 6.04 Å². The lowest BCUT2D eigenvalue weighted by molar-refractivity contribution is -0.119. The molecule has 1 saturated heterocycles. The van der Waals surface area contributed by atoms with Crippen molar-refractivity contribution in [3.8, 4) is 0 Å². The van der Waals surface area contributed by atoms with Gasteiger partial charge in [0.05, 0.1) is 5.69 Å². The highest BCUT2D eigenvalue weighted by Crippen LogP contribution is 2.40. The molecule has 2 aliphatic heterocycles. The molecule has 1 atom stereocenters. The molecule has 1 unspecified atom stereocenters. The van der Waals surface area contributed by atoms with E-state index in [1.165, 1.54) is 57.7 Å². The van der Waals surface area contributed by atoms with E-state index in [4.69, 9.17) is 4.98 Å². The summed E-state index contributed by atoms with van der Waals surface area (Å²) in [5, 5.41) is 6.63. The largest absolute Gasteiger partial charge is 0.349 e. The van der Waals surface area contributed by atoms with Gasteiger partial charge in [-0.25, -0.2) is 9.37 Å². The topological polar surface area (TPSA) is 84.0 Å². The summed E-state index contributed by atoms with van der Waals surface area (Å²) >= 11 is 0. The number of carbonyl (C=O) groups is 2. The van der Waals surface area contributed by atoms with E-state index in [0.717, 1.165) is 37.3 Å². The first kappa shape index (κ1) is 30.6. The maximum Gasteiger partial charge on any atom is 0.251 e. The molecular formula is C36H44FN7O2. The predicted molar refractivity (Wildman–Crippen MR) is 180 cm³/mol. The van der Waals surface area contributed by atoms with Crippen LogP contribution in [0.25, 0.3) is 0 Å². The van der Waals surface area contributed by atoms with Gasteiger partial charge in [0, 0.05) is 68.8 Å². The van der Waals surface area contributed by atoms with E-state index in [2.05, 4.69) is 20.4 Å². The summed E-state index contributed by atoms with van der Waals surface area (Å²) in [4.78, 5) is 40.0. The molecule has 2 N–H and O–H groups in total. The molecule has 0 radical (unpaired) electrons. The highest BCUT2D eigenvalue weighted by atomic mass is 19.1. The Kier molecular flexibility index (Phi) is 8.66. The molecule has 2 aliphatic carbocycles. The van der Waals surface area contributed by atoms with Crippen LogP contribution in [0.15, 0.2) is 60.7 Å². The van der Waals surface area contributed by atoms with Gasteiger partial charge in [0.1, 0.15) is 17.7 Å². The second-order valence-electron chi connectivity index (χ2n) is 13.4. The van der Waals surface area contributed by atoms with Crippen molar-refractivity contribution in [3.63, 3.8) is 0 Å². The van der Waals surface area contributed by atoms with Crippen molar-refractivity contribution in [3.05, 3.63) is 72.0 Å². The minimum atomic E-state index is -0.519. The van der Waals surface area contributed by atoms with E-state index >= 15 is 0 Å². The quantitative estimate of drug-likeness (QED) is 0.340. The third-order valence-corrected chi connectivity index (χ3v) is 10.2. The molecule has 3 aromatic rings. The number of piperazine rings is 1. The lowest BCUT2D eigenvalue weighted by atomic mass is 9.89. The summed E-state index contributed by atoms with van der Waals surface area (Å²) in [7, 11) is 1.74. The SMILES string of the molecule is CC1C(=O)N(C)c2ccc(Nc3cccc(C(=O)NC4CCC(N5CCN(CC6CC6)CC5)CC4)c3)nc2N1c1ccc(F)cc1. The number of amides is 2. The molecule has 10 heteroatoms. The molecule has 1 aromatic heterocycles. The molecule has 2 saturated carbocycles. The Hall–Kier alpha value is -4.02. The second-order valence-corrected chi connectivity index (χ2v) is 13.4. The third-order valence-electron chi connectivity index (χ3n) is 10.2. The number of hydrogen-bond donors (Lipinski definition) is 2. The first-order chi connectivity index (χ1) is 22.3. The van der Waals surface area contributed by atoms with Crippen molar-refractivity contribution >= 4 is 40.5 Å². The fraction of sp³-hybridized carbons (Fsp3) is 0.472. The fourth-order valence-corrected chi connectivity index (χ4v) is 7.31. The molecule has 2 aromatic carbocycles. The number of anilines is 5. The molecule has 2 amide bonds. The summed E-state index contributed by atoms with van der Waals surface area (Å²) in [5.41, 5.74) is 2.69. The van der Waals surface area contributed by atoms with E-state index in [1.54, 1.807) is 24.1 Å². The zero-order chi connectivity index (χ0) is 31.8. The van der Waals surface area contributed by atoms with Crippen LogP contribution in [-0.2, 0) is 4.79 Å². The highest BCUT2D eigenvalue weighted by Gasteiger charge is 2.36. The van der Waals surface area contributed by atoms with Crippen LogP contribution in [0, 0.1) is 11.7 Å². The molecule has 3 heterocycles. The summed E-state index contributed by atoms with van der Waals surface area (Å²) in [5.74, 6) is 1.65. The van der Waals surface area contributed by atoms with Crippen LogP contribution in [0.5, 0.6) is 0 Å². The molecule has 7 rings (SSSR count). The van der Waals surface area contributed by atoms with Gasteiger partial charge in [0.2, 0.25) is 5.91 Å². The van der Waals surface area contributed by atoms with Crippen molar-refractivity contribution in [2.24, 2.45) is 5.92 Å². The normalized spacial score (nSPS) is 24.1. The lowest BCUT2D eigenvalue weighted by Crippen LogP contribution is -2.52. The van der Waals surface area contributed by atoms with Crippen molar-refractivity contribution in [2.45, 2.75) is 63.6 Å². The number of carbonyl (C=O) groups excluding carboxylic acids is 2. The zero-order valence-electron chi connectivity index (χ0n) is 26.8. The van der Waals surface area contributed by atoms with Crippen LogP contribution in [-0.4, -0.2) is 84.5 Å².